The van der Waals surface area contributed by atoms with Gasteiger partial charge in [-0.1, -0.05) is 6.42 Å². The van der Waals surface area contributed by atoms with Crippen molar-refractivity contribution in [1.82, 2.24) is 19.8 Å². The molecule has 3 atom stereocenters. The molecule has 182 valence electrons. The van der Waals surface area contributed by atoms with Crippen LogP contribution in [-0.2, 0) is 6.18 Å². The zero-order valence-electron chi connectivity index (χ0n) is 19.1. The lowest BCUT2D eigenvalue weighted by molar-refractivity contribution is -0.137. The normalized spacial score (nSPS) is 24.9. The highest BCUT2D eigenvalue weighted by molar-refractivity contribution is 5.94. The number of benzene rings is 1. The molecule has 2 aliphatic carbocycles. The topological polar surface area (TPSA) is 73.4 Å². The second kappa shape index (κ2) is 9.05. The van der Waals surface area contributed by atoms with E-state index in [1.165, 1.54) is 6.42 Å². The number of alkyl halides is 3. The van der Waals surface area contributed by atoms with Crippen molar-refractivity contribution in [1.29, 1.82) is 0 Å². The summed E-state index contributed by atoms with van der Waals surface area (Å²) in [5.74, 6) is 0.884. The Morgan fingerprint density at radius 2 is 1.79 bits per heavy atom. The van der Waals surface area contributed by atoms with Gasteiger partial charge in [0.1, 0.15) is 11.4 Å². The quantitative estimate of drug-likeness (QED) is 0.676. The average Bonchev–Trinajstić information content (AvgIpc) is 3.42. The molecule has 2 saturated carbocycles. The number of hydrogen-bond acceptors (Lipinski definition) is 6. The lowest BCUT2D eigenvalue weighted by atomic mass is 9.95. The van der Waals surface area contributed by atoms with E-state index in [4.69, 9.17) is 0 Å². The van der Waals surface area contributed by atoms with Gasteiger partial charge in [-0.25, -0.2) is 4.98 Å². The minimum absolute atomic E-state index is 0.0162. The number of rotatable bonds is 5. The third-order valence-electron chi connectivity index (χ3n) is 7.33. The standard InChI is InChI=1S/C24H29F3N6O/c1-32-8-10-33(11-9-32)22(34)16-4-6-18(7-5-16)29-23-28-14-19(24(25,26)27)21(31-23)30-20-13-15-2-3-17(20)12-15/h4-7,14-15,17,20H,2-3,8-13H2,1H3,(H2,28,29,30,31)/t15-,17+,20+/m0/s1. The number of carbonyl (C=O) groups excluding carboxylic acids is 1. The molecule has 1 amide bonds. The Hall–Kier alpha value is -2.88. The van der Waals surface area contributed by atoms with Crippen LogP contribution in [0.3, 0.4) is 0 Å². The first kappa shape index (κ1) is 22.9. The number of hydrogen-bond donors (Lipinski definition) is 2. The van der Waals surface area contributed by atoms with E-state index in [0.29, 0.717) is 36.2 Å². The molecule has 2 heterocycles. The third kappa shape index (κ3) is 4.82. The summed E-state index contributed by atoms with van der Waals surface area (Å²) in [5, 5.41) is 6.04. The third-order valence-corrected chi connectivity index (χ3v) is 7.33. The number of anilines is 3. The van der Waals surface area contributed by atoms with Crippen molar-refractivity contribution in [2.75, 3.05) is 43.9 Å². The highest BCUT2D eigenvalue weighted by atomic mass is 19.4. The summed E-state index contributed by atoms with van der Waals surface area (Å²) in [6.45, 7) is 3.06. The van der Waals surface area contributed by atoms with E-state index >= 15 is 0 Å². The van der Waals surface area contributed by atoms with Gasteiger partial charge in [0, 0.05) is 49.7 Å². The number of fused-ring (bicyclic) bond motifs is 2. The second-order valence-electron chi connectivity index (χ2n) is 9.68. The van der Waals surface area contributed by atoms with Crippen molar-refractivity contribution in [3.8, 4) is 0 Å². The van der Waals surface area contributed by atoms with E-state index in [-0.39, 0.29) is 23.7 Å². The minimum Gasteiger partial charge on any atom is -0.366 e. The number of halogens is 3. The Labute approximate surface area is 196 Å². The fourth-order valence-electron chi connectivity index (χ4n) is 5.37. The van der Waals surface area contributed by atoms with Gasteiger partial charge in [0.2, 0.25) is 5.95 Å². The van der Waals surface area contributed by atoms with Gasteiger partial charge in [-0.2, -0.15) is 18.2 Å². The maximum absolute atomic E-state index is 13.6. The van der Waals surface area contributed by atoms with Gasteiger partial charge in [-0.3, -0.25) is 4.79 Å². The highest BCUT2D eigenvalue weighted by Gasteiger charge is 2.42. The van der Waals surface area contributed by atoms with E-state index in [1.807, 2.05) is 11.9 Å². The molecule has 7 nitrogen and oxygen atoms in total. The van der Waals surface area contributed by atoms with Crippen LogP contribution in [0, 0.1) is 11.8 Å². The monoisotopic (exact) mass is 474 g/mol. The van der Waals surface area contributed by atoms with E-state index in [9.17, 15) is 18.0 Å². The lowest BCUT2D eigenvalue weighted by Crippen LogP contribution is -2.47. The maximum Gasteiger partial charge on any atom is 0.421 e. The predicted octanol–water partition coefficient (Wildman–Crippen LogP) is 4.23. The van der Waals surface area contributed by atoms with Gasteiger partial charge >= 0.3 is 6.18 Å². The fraction of sp³-hybridized carbons (Fsp3) is 0.542. The average molecular weight is 475 g/mol. The molecule has 0 spiro atoms. The van der Waals surface area contributed by atoms with Crippen molar-refractivity contribution in [3.05, 3.63) is 41.6 Å². The molecule has 0 radical (unpaired) electrons. The van der Waals surface area contributed by atoms with Crippen molar-refractivity contribution >= 4 is 23.4 Å². The van der Waals surface area contributed by atoms with E-state index in [0.717, 1.165) is 38.5 Å². The number of carbonyl (C=O) groups is 1. The summed E-state index contributed by atoms with van der Waals surface area (Å²) in [5.41, 5.74) is 0.316. The first-order valence-corrected chi connectivity index (χ1v) is 11.8. The smallest absolute Gasteiger partial charge is 0.366 e. The number of nitrogens with one attached hydrogen (secondary N) is 2. The maximum atomic E-state index is 13.6. The van der Waals surface area contributed by atoms with E-state index in [1.54, 1.807) is 24.3 Å². The van der Waals surface area contributed by atoms with Crippen LogP contribution in [0.5, 0.6) is 0 Å². The molecule has 1 saturated heterocycles. The minimum atomic E-state index is -4.54. The van der Waals surface area contributed by atoms with Gasteiger partial charge in [0.25, 0.3) is 5.91 Å². The number of aromatic nitrogens is 2. The Balaban J connectivity index is 1.29. The molecule has 1 aromatic heterocycles. The van der Waals surface area contributed by atoms with Crippen molar-refractivity contribution in [2.24, 2.45) is 11.8 Å². The van der Waals surface area contributed by atoms with Crippen molar-refractivity contribution in [2.45, 2.75) is 37.9 Å². The second-order valence-corrected chi connectivity index (χ2v) is 9.68. The fourth-order valence-corrected chi connectivity index (χ4v) is 5.37. The summed E-state index contributed by atoms with van der Waals surface area (Å²) in [6, 6.07) is 6.87. The molecule has 10 heteroatoms. The van der Waals surface area contributed by atoms with Gasteiger partial charge < -0.3 is 20.4 Å². The Bertz CT molecular complexity index is 1040. The largest absolute Gasteiger partial charge is 0.421 e. The van der Waals surface area contributed by atoms with Crippen LogP contribution in [0.15, 0.2) is 30.5 Å². The summed E-state index contributed by atoms with van der Waals surface area (Å²) < 4.78 is 40.8. The molecule has 3 aliphatic rings. The summed E-state index contributed by atoms with van der Waals surface area (Å²) in [6.07, 6.45) is 0.476. The first-order chi connectivity index (χ1) is 16.3. The number of nitrogens with zero attached hydrogens (tertiary/aromatic N) is 4. The van der Waals surface area contributed by atoms with Crippen LogP contribution >= 0.6 is 0 Å². The van der Waals surface area contributed by atoms with Crippen LogP contribution < -0.4 is 10.6 Å². The van der Waals surface area contributed by atoms with Crippen LogP contribution in [0.2, 0.25) is 0 Å². The molecular formula is C24H29F3N6O. The van der Waals surface area contributed by atoms with Gasteiger partial charge in [-0.05, 0) is 62.4 Å². The predicted molar refractivity (Wildman–Crippen MR) is 123 cm³/mol. The lowest BCUT2D eigenvalue weighted by Gasteiger charge is -2.32. The zero-order chi connectivity index (χ0) is 23.9. The first-order valence-electron chi connectivity index (χ1n) is 11.8. The Morgan fingerprint density at radius 1 is 1.06 bits per heavy atom. The summed E-state index contributed by atoms with van der Waals surface area (Å²) in [7, 11) is 2.03. The molecule has 1 aliphatic heterocycles. The van der Waals surface area contributed by atoms with Gasteiger partial charge in [0.05, 0.1) is 0 Å². The zero-order valence-corrected chi connectivity index (χ0v) is 19.1. The molecular weight excluding hydrogens is 445 g/mol. The molecule has 0 unspecified atom stereocenters. The van der Waals surface area contributed by atoms with Gasteiger partial charge in [0.15, 0.2) is 0 Å². The number of piperazine rings is 1. The highest BCUT2D eigenvalue weighted by Crippen LogP contribution is 2.46. The molecule has 2 bridgehead atoms. The van der Waals surface area contributed by atoms with Crippen LogP contribution in [0.25, 0.3) is 0 Å². The van der Waals surface area contributed by atoms with E-state index < -0.39 is 11.7 Å². The van der Waals surface area contributed by atoms with Crippen molar-refractivity contribution < 1.29 is 18.0 Å². The molecule has 3 fully saturated rings. The van der Waals surface area contributed by atoms with Crippen LogP contribution in [0.1, 0.15) is 41.6 Å². The molecule has 5 rings (SSSR count). The van der Waals surface area contributed by atoms with Crippen LogP contribution in [0.4, 0.5) is 30.6 Å². The molecule has 1 aromatic carbocycles. The van der Waals surface area contributed by atoms with Crippen LogP contribution in [-0.4, -0.2) is 64.9 Å². The number of amides is 1. The summed E-state index contributed by atoms with van der Waals surface area (Å²) >= 11 is 0. The van der Waals surface area contributed by atoms with Gasteiger partial charge in [-0.15, -0.1) is 0 Å². The molecule has 2 aromatic rings. The number of likely N-dealkylation sites (N-methyl/N-ethyl adjacent to an activating group) is 1. The molecule has 2 N–H and O–H groups in total. The SMILES string of the molecule is CN1CCN(C(=O)c2ccc(Nc3ncc(C(F)(F)F)c(N[C@@H]4C[C@H]5CC[C@@H]4C5)n3)cc2)CC1. The Kier molecular flexibility index (Phi) is 6.09. The van der Waals surface area contributed by atoms with E-state index in [2.05, 4.69) is 25.5 Å². The molecule has 34 heavy (non-hydrogen) atoms. The summed E-state index contributed by atoms with van der Waals surface area (Å²) in [4.78, 5) is 24.8. The van der Waals surface area contributed by atoms with Crippen molar-refractivity contribution in [3.63, 3.8) is 0 Å². The Morgan fingerprint density at radius 3 is 2.41 bits per heavy atom.